The van der Waals surface area contributed by atoms with Crippen LogP contribution in [0.2, 0.25) is 0 Å². The van der Waals surface area contributed by atoms with Gasteiger partial charge in [0.25, 0.3) is 0 Å². The minimum Gasteiger partial charge on any atom is -0.380 e. The molecule has 19 heavy (non-hydrogen) atoms. The van der Waals surface area contributed by atoms with Crippen molar-refractivity contribution in [1.82, 2.24) is 5.32 Å². The molecule has 0 atom stereocenters. The first kappa shape index (κ1) is 13.1. The highest BCUT2D eigenvalue weighted by atomic mass is 16.5. The highest BCUT2D eigenvalue weighted by Crippen LogP contribution is 2.36. The molecule has 1 N–H and O–H groups in total. The molecule has 0 unspecified atom stereocenters. The Balaban J connectivity index is 1.28. The Kier molecular flexibility index (Phi) is 4.19. The van der Waals surface area contributed by atoms with Crippen molar-refractivity contribution in [3.63, 3.8) is 0 Å². The molecule has 0 saturated heterocycles. The van der Waals surface area contributed by atoms with Crippen LogP contribution in [-0.2, 0) is 4.74 Å². The summed E-state index contributed by atoms with van der Waals surface area (Å²) < 4.78 is 5.64. The van der Waals surface area contributed by atoms with E-state index >= 15 is 0 Å². The average molecular weight is 259 g/mol. The van der Waals surface area contributed by atoms with Gasteiger partial charge in [-0.1, -0.05) is 29.8 Å². The Morgan fingerprint density at radius 2 is 1.89 bits per heavy atom. The topological polar surface area (TPSA) is 21.3 Å². The van der Waals surface area contributed by atoms with Gasteiger partial charge in [-0.3, -0.25) is 0 Å². The second-order valence-electron chi connectivity index (χ2n) is 6.25. The van der Waals surface area contributed by atoms with Crippen LogP contribution in [0.3, 0.4) is 0 Å². The fourth-order valence-electron chi connectivity index (χ4n) is 2.77. The van der Waals surface area contributed by atoms with Crippen molar-refractivity contribution in [2.24, 2.45) is 5.92 Å². The number of rotatable bonds is 7. The van der Waals surface area contributed by atoms with Crippen LogP contribution < -0.4 is 5.32 Å². The molecule has 2 aliphatic rings. The summed E-state index contributed by atoms with van der Waals surface area (Å²) >= 11 is 0. The van der Waals surface area contributed by atoms with Gasteiger partial charge in [-0.25, -0.2) is 0 Å². The first-order chi connectivity index (χ1) is 9.31. The van der Waals surface area contributed by atoms with E-state index in [1.807, 2.05) is 0 Å². The molecule has 2 nitrogen and oxygen atoms in total. The first-order valence-corrected chi connectivity index (χ1v) is 7.69. The standard InChI is InChI=1S/C17H25NO/c1-13-2-6-15(7-3-13)16-10-17(11-16)18-8-9-19-12-14-4-5-14/h2-3,6-7,14,16-18H,4-5,8-12H2,1H3. The third kappa shape index (κ3) is 3.80. The predicted octanol–water partition coefficient (Wildman–Crippen LogP) is 3.26. The number of aryl methyl sites for hydroxylation is 1. The van der Waals surface area contributed by atoms with Crippen LogP contribution in [0.5, 0.6) is 0 Å². The molecule has 2 heteroatoms. The molecular weight excluding hydrogens is 234 g/mol. The summed E-state index contributed by atoms with van der Waals surface area (Å²) in [6.45, 7) is 5.02. The maximum absolute atomic E-state index is 5.64. The monoisotopic (exact) mass is 259 g/mol. The van der Waals surface area contributed by atoms with E-state index in [-0.39, 0.29) is 0 Å². The third-order valence-corrected chi connectivity index (χ3v) is 4.42. The Hall–Kier alpha value is -0.860. The van der Waals surface area contributed by atoms with Crippen molar-refractivity contribution in [3.05, 3.63) is 35.4 Å². The van der Waals surface area contributed by atoms with E-state index in [1.165, 1.54) is 36.8 Å². The molecule has 1 aromatic rings. The van der Waals surface area contributed by atoms with Crippen molar-refractivity contribution < 1.29 is 4.74 Å². The van der Waals surface area contributed by atoms with Gasteiger partial charge in [0.1, 0.15) is 0 Å². The molecule has 1 aromatic carbocycles. The maximum Gasteiger partial charge on any atom is 0.0591 e. The van der Waals surface area contributed by atoms with Gasteiger partial charge in [-0.05, 0) is 50.0 Å². The van der Waals surface area contributed by atoms with Crippen LogP contribution in [0.15, 0.2) is 24.3 Å². The van der Waals surface area contributed by atoms with E-state index in [0.717, 1.165) is 31.6 Å². The van der Waals surface area contributed by atoms with Crippen LogP contribution in [0, 0.1) is 12.8 Å². The zero-order chi connectivity index (χ0) is 13.1. The second-order valence-corrected chi connectivity index (χ2v) is 6.25. The van der Waals surface area contributed by atoms with E-state index in [0.29, 0.717) is 6.04 Å². The zero-order valence-corrected chi connectivity index (χ0v) is 11.9. The lowest BCUT2D eigenvalue weighted by Gasteiger charge is -2.36. The fourth-order valence-corrected chi connectivity index (χ4v) is 2.77. The molecular formula is C17H25NO. The van der Waals surface area contributed by atoms with Crippen LogP contribution >= 0.6 is 0 Å². The second kappa shape index (κ2) is 6.06. The Morgan fingerprint density at radius 1 is 1.16 bits per heavy atom. The van der Waals surface area contributed by atoms with E-state index in [1.54, 1.807) is 0 Å². The van der Waals surface area contributed by atoms with Crippen LogP contribution in [-0.4, -0.2) is 25.8 Å². The SMILES string of the molecule is Cc1ccc(C2CC(NCCOCC3CC3)C2)cc1. The smallest absolute Gasteiger partial charge is 0.0591 e. The van der Waals surface area contributed by atoms with E-state index in [9.17, 15) is 0 Å². The number of hydrogen-bond donors (Lipinski definition) is 1. The normalized spacial score (nSPS) is 26.2. The third-order valence-electron chi connectivity index (χ3n) is 4.42. The molecule has 0 amide bonds. The molecule has 0 aromatic heterocycles. The largest absolute Gasteiger partial charge is 0.380 e. The Labute approximate surface area is 116 Å². The van der Waals surface area contributed by atoms with Crippen LogP contribution in [0.1, 0.15) is 42.7 Å². The van der Waals surface area contributed by atoms with Crippen molar-refractivity contribution >= 4 is 0 Å². The molecule has 0 spiro atoms. The molecule has 0 radical (unpaired) electrons. The summed E-state index contributed by atoms with van der Waals surface area (Å²) in [5.41, 5.74) is 2.86. The van der Waals surface area contributed by atoms with Gasteiger partial charge in [0.05, 0.1) is 6.61 Å². The molecule has 2 fully saturated rings. The van der Waals surface area contributed by atoms with Gasteiger partial charge in [-0.15, -0.1) is 0 Å². The number of nitrogens with one attached hydrogen (secondary N) is 1. The van der Waals surface area contributed by atoms with E-state index in [2.05, 4.69) is 36.5 Å². The molecule has 2 saturated carbocycles. The predicted molar refractivity (Wildman–Crippen MR) is 78.5 cm³/mol. The minimum atomic E-state index is 0.704. The summed E-state index contributed by atoms with van der Waals surface area (Å²) in [6, 6.07) is 9.73. The van der Waals surface area contributed by atoms with Crippen molar-refractivity contribution in [2.75, 3.05) is 19.8 Å². The lowest BCUT2D eigenvalue weighted by atomic mass is 9.76. The highest BCUT2D eigenvalue weighted by molar-refractivity contribution is 5.26. The average Bonchev–Trinajstić information content (AvgIpc) is 3.17. The lowest BCUT2D eigenvalue weighted by molar-refractivity contribution is 0.120. The first-order valence-electron chi connectivity index (χ1n) is 7.69. The van der Waals surface area contributed by atoms with Crippen molar-refractivity contribution in [2.45, 2.75) is 44.6 Å². The molecule has 104 valence electrons. The van der Waals surface area contributed by atoms with E-state index in [4.69, 9.17) is 4.74 Å². The van der Waals surface area contributed by atoms with Gasteiger partial charge in [0.2, 0.25) is 0 Å². The number of ether oxygens (including phenoxy) is 1. The van der Waals surface area contributed by atoms with Crippen LogP contribution in [0.25, 0.3) is 0 Å². The van der Waals surface area contributed by atoms with Gasteiger partial charge >= 0.3 is 0 Å². The highest BCUT2D eigenvalue weighted by Gasteiger charge is 2.29. The molecule has 0 aliphatic heterocycles. The summed E-state index contributed by atoms with van der Waals surface area (Å²) in [5, 5.41) is 3.60. The van der Waals surface area contributed by atoms with Gasteiger partial charge in [0, 0.05) is 19.2 Å². The van der Waals surface area contributed by atoms with E-state index < -0.39 is 0 Å². The van der Waals surface area contributed by atoms with Crippen molar-refractivity contribution in [3.8, 4) is 0 Å². The molecule has 3 rings (SSSR count). The summed E-state index contributed by atoms with van der Waals surface area (Å²) in [5.74, 6) is 1.65. The molecule has 2 aliphatic carbocycles. The summed E-state index contributed by atoms with van der Waals surface area (Å²) in [7, 11) is 0. The van der Waals surface area contributed by atoms with Gasteiger partial charge in [0.15, 0.2) is 0 Å². The fraction of sp³-hybridized carbons (Fsp3) is 0.647. The molecule has 0 bridgehead atoms. The number of benzene rings is 1. The quantitative estimate of drug-likeness (QED) is 0.759. The Bertz CT molecular complexity index is 390. The van der Waals surface area contributed by atoms with Crippen LogP contribution in [0.4, 0.5) is 0 Å². The summed E-state index contributed by atoms with van der Waals surface area (Å²) in [4.78, 5) is 0. The zero-order valence-electron chi connectivity index (χ0n) is 11.9. The molecule has 0 heterocycles. The Morgan fingerprint density at radius 3 is 2.58 bits per heavy atom. The number of hydrogen-bond acceptors (Lipinski definition) is 2. The van der Waals surface area contributed by atoms with Gasteiger partial charge < -0.3 is 10.1 Å². The minimum absolute atomic E-state index is 0.704. The maximum atomic E-state index is 5.64. The van der Waals surface area contributed by atoms with Crippen molar-refractivity contribution in [1.29, 1.82) is 0 Å². The lowest BCUT2D eigenvalue weighted by Crippen LogP contribution is -2.41. The summed E-state index contributed by atoms with van der Waals surface area (Å²) in [6.07, 6.45) is 5.33. The van der Waals surface area contributed by atoms with Gasteiger partial charge in [-0.2, -0.15) is 0 Å².